The van der Waals surface area contributed by atoms with Gasteiger partial charge in [-0.3, -0.25) is 4.79 Å². The highest BCUT2D eigenvalue weighted by atomic mass is 35.5. The largest absolute Gasteiger partial charge is 0.334 e. The van der Waals surface area contributed by atoms with Crippen molar-refractivity contribution < 1.29 is 4.79 Å². The molecule has 0 radical (unpaired) electrons. The van der Waals surface area contributed by atoms with Crippen molar-refractivity contribution >= 4 is 34.2 Å². The van der Waals surface area contributed by atoms with E-state index in [1.165, 1.54) is 0 Å². The smallest absolute Gasteiger partial charge is 0.228 e. The monoisotopic (exact) mass is 299 g/mol. The summed E-state index contributed by atoms with van der Waals surface area (Å²) in [5.74, 6) is -0.0987. The van der Waals surface area contributed by atoms with Crippen molar-refractivity contribution in [3.63, 3.8) is 0 Å². The van der Waals surface area contributed by atoms with Gasteiger partial charge in [-0.15, -0.1) is 0 Å². The van der Waals surface area contributed by atoms with Crippen LogP contribution in [0.3, 0.4) is 0 Å². The molecule has 0 spiro atoms. The van der Waals surface area contributed by atoms with E-state index in [1.807, 2.05) is 48.0 Å². The zero-order valence-electron chi connectivity index (χ0n) is 11.5. The summed E-state index contributed by atoms with van der Waals surface area (Å²) in [5, 5.41) is 3.48. The number of hydrogen-bond acceptors (Lipinski definition) is 2. The third kappa shape index (κ3) is 2.90. The van der Waals surface area contributed by atoms with Gasteiger partial charge in [0.1, 0.15) is 0 Å². The first-order chi connectivity index (χ1) is 10.1. The SMILES string of the molecule is Cn1cnc2cc(NC(=O)Cc3ccccc3Cl)ccc21. The number of nitrogens with zero attached hydrogens (tertiary/aromatic N) is 2. The summed E-state index contributed by atoms with van der Waals surface area (Å²) in [6, 6.07) is 13.0. The van der Waals surface area contributed by atoms with Gasteiger partial charge in [-0.25, -0.2) is 4.98 Å². The molecule has 0 aliphatic heterocycles. The van der Waals surface area contributed by atoms with Crippen LogP contribution in [0.4, 0.5) is 5.69 Å². The van der Waals surface area contributed by atoms with E-state index >= 15 is 0 Å². The number of benzene rings is 2. The Morgan fingerprint density at radius 2 is 2.10 bits per heavy atom. The predicted molar refractivity (Wildman–Crippen MR) is 84.5 cm³/mol. The molecule has 0 bridgehead atoms. The van der Waals surface area contributed by atoms with E-state index in [-0.39, 0.29) is 12.3 Å². The van der Waals surface area contributed by atoms with Crippen LogP contribution in [-0.2, 0) is 18.3 Å². The average Bonchev–Trinajstić information content (AvgIpc) is 2.82. The highest BCUT2D eigenvalue weighted by Gasteiger charge is 2.08. The number of imidazole rings is 1. The first-order valence-electron chi connectivity index (χ1n) is 6.58. The Labute approximate surface area is 127 Å². The number of halogens is 1. The highest BCUT2D eigenvalue weighted by molar-refractivity contribution is 6.31. The van der Waals surface area contributed by atoms with E-state index in [0.29, 0.717) is 5.02 Å². The first kappa shape index (κ1) is 13.6. The Hall–Kier alpha value is -2.33. The fourth-order valence-corrected chi connectivity index (χ4v) is 2.44. The fraction of sp³-hybridized carbons (Fsp3) is 0.125. The van der Waals surface area contributed by atoms with Crippen molar-refractivity contribution in [2.75, 3.05) is 5.32 Å². The number of rotatable bonds is 3. The molecule has 0 atom stereocenters. The van der Waals surface area contributed by atoms with Gasteiger partial charge in [-0.1, -0.05) is 29.8 Å². The molecule has 0 aliphatic rings. The molecule has 1 aromatic heterocycles. The van der Waals surface area contributed by atoms with Crippen LogP contribution in [0, 0.1) is 0 Å². The second kappa shape index (κ2) is 5.58. The quantitative estimate of drug-likeness (QED) is 0.805. The Morgan fingerprint density at radius 3 is 2.90 bits per heavy atom. The van der Waals surface area contributed by atoms with Gasteiger partial charge in [0, 0.05) is 17.8 Å². The minimum Gasteiger partial charge on any atom is -0.334 e. The molecular weight excluding hydrogens is 286 g/mol. The van der Waals surface area contributed by atoms with Crippen molar-refractivity contribution in [3.8, 4) is 0 Å². The van der Waals surface area contributed by atoms with Gasteiger partial charge in [0.05, 0.1) is 23.8 Å². The summed E-state index contributed by atoms with van der Waals surface area (Å²) in [6.07, 6.45) is 2.00. The zero-order valence-corrected chi connectivity index (χ0v) is 12.3. The van der Waals surface area contributed by atoms with Crippen LogP contribution in [0.1, 0.15) is 5.56 Å². The molecule has 2 aromatic carbocycles. The molecule has 3 aromatic rings. The number of aryl methyl sites for hydroxylation is 1. The number of anilines is 1. The molecule has 106 valence electrons. The molecule has 1 amide bonds. The van der Waals surface area contributed by atoms with Gasteiger partial charge in [-0.05, 0) is 29.8 Å². The lowest BCUT2D eigenvalue weighted by Crippen LogP contribution is -2.14. The Kier molecular flexibility index (Phi) is 3.62. The Bertz CT molecular complexity index is 810. The second-order valence-corrected chi connectivity index (χ2v) is 5.28. The molecule has 0 aliphatic carbocycles. The van der Waals surface area contributed by atoms with Crippen LogP contribution in [0.2, 0.25) is 5.02 Å². The maximum atomic E-state index is 12.1. The fourth-order valence-electron chi connectivity index (χ4n) is 2.23. The van der Waals surface area contributed by atoms with Gasteiger partial charge >= 0.3 is 0 Å². The topological polar surface area (TPSA) is 46.9 Å². The van der Waals surface area contributed by atoms with Crippen LogP contribution >= 0.6 is 11.6 Å². The summed E-state index contributed by atoms with van der Waals surface area (Å²) in [4.78, 5) is 16.4. The van der Waals surface area contributed by atoms with E-state index in [9.17, 15) is 4.79 Å². The van der Waals surface area contributed by atoms with E-state index in [1.54, 1.807) is 12.4 Å². The summed E-state index contributed by atoms with van der Waals surface area (Å²) in [6.45, 7) is 0. The van der Waals surface area contributed by atoms with Crippen molar-refractivity contribution in [3.05, 3.63) is 59.4 Å². The minimum absolute atomic E-state index is 0.0987. The standard InChI is InChI=1S/C16H14ClN3O/c1-20-10-18-14-9-12(6-7-15(14)20)19-16(21)8-11-4-2-3-5-13(11)17/h2-7,9-10H,8H2,1H3,(H,19,21). The molecule has 0 unspecified atom stereocenters. The van der Waals surface area contributed by atoms with Gasteiger partial charge < -0.3 is 9.88 Å². The van der Waals surface area contributed by atoms with E-state index in [4.69, 9.17) is 11.6 Å². The van der Waals surface area contributed by atoms with Gasteiger partial charge in [0.25, 0.3) is 0 Å². The van der Waals surface area contributed by atoms with Crippen molar-refractivity contribution in [2.24, 2.45) is 7.05 Å². The number of amides is 1. The summed E-state index contributed by atoms with van der Waals surface area (Å²) in [5.41, 5.74) is 3.43. The summed E-state index contributed by atoms with van der Waals surface area (Å²) < 4.78 is 1.94. The molecule has 4 nitrogen and oxygen atoms in total. The molecule has 0 saturated carbocycles. The number of nitrogens with one attached hydrogen (secondary N) is 1. The van der Waals surface area contributed by atoms with E-state index < -0.39 is 0 Å². The third-order valence-corrected chi connectivity index (χ3v) is 3.69. The highest BCUT2D eigenvalue weighted by Crippen LogP contribution is 2.19. The average molecular weight is 300 g/mol. The molecule has 3 rings (SSSR count). The van der Waals surface area contributed by atoms with E-state index in [0.717, 1.165) is 22.3 Å². The van der Waals surface area contributed by atoms with Crippen LogP contribution in [0.5, 0.6) is 0 Å². The zero-order chi connectivity index (χ0) is 14.8. The van der Waals surface area contributed by atoms with Crippen LogP contribution in [0.25, 0.3) is 11.0 Å². The summed E-state index contributed by atoms with van der Waals surface area (Å²) in [7, 11) is 1.94. The minimum atomic E-state index is -0.0987. The summed E-state index contributed by atoms with van der Waals surface area (Å²) >= 11 is 6.06. The maximum Gasteiger partial charge on any atom is 0.228 e. The lowest BCUT2D eigenvalue weighted by atomic mass is 10.1. The van der Waals surface area contributed by atoms with Crippen molar-refractivity contribution in [2.45, 2.75) is 6.42 Å². The van der Waals surface area contributed by atoms with Crippen LogP contribution < -0.4 is 5.32 Å². The molecule has 5 heteroatoms. The third-order valence-electron chi connectivity index (χ3n) is 3.32. The van der Waals surface area contributed by atoms with Crippen LogP contribution in [0.15, 0.2) is 48.8 Å². The first-order valence-corrected chi connectivity index (χ1v) is 6.95. The maximum absolute atomic E-state index is 12.1. The second-order valence-electron chi connectivity index (χ2n) is 4.88. The van der Waals surface area contributed by atoms with E-state index in [2.05, 4.69) is 10.3 Å². The molecule has 21 heavy (non-hydrogen) atoms. The van der Waals surface area contributed by atoms with Crippen molar-refractivity contribution in [1.82, 2.24) is 9.55 Å². The molecule has 1 N–H and O–H groups in total. The number of hydrogen-bond donors (Lipinski definition) is 1. The Morgan fingerprint density at radius 1 is 1.29 bits per heavy atom. The number of carbonyl (C=O) groups excluding carboxylic acids is 1. The van der Waals surface area contributed by atoms with Gasteiger partial charge in [-0.2, -0.15) is 0 Å². The number of fused-ring (bicyclic) bond motifs is 1. The van der Waals surface area contributed by atoms with Gasteiger partial charge in [0.15, 0.2) is 0 Å². The molecule has 0 saturated heterocycles. The van der Waals surface area contributed by atoms with Gasteiger partial charge in [0.2, 0.25) is 5.91 Å². The van der Waals surface area contributed by atoms with Crippen LogP contribution in [-0.4, -0.2) is 15.5 Å². The molecule has 1 heterocycles. The Balaban J connectivity index is 1.75. The number of carbonyl (C=O) groups is 1. The molecule has 0 fully saturated rings. The lowest BCUT2D eigenvalue weighted by molar-refractivity contribution is -0.115. The van der Waals surface area contributed by atoms with Crippen molar-refractivity contribution in [1.29, 1.82) is 0 Å². The predicted octanol–water partition coefficient (Wildman–Crippen LogP) is 3.41. The normalized spacial score (nSPS) is 10.8. The lowest BCUT2D eigenvalue weighted by Gasteiger charge is -2.07. The number of aromatic nitrogens is 2. The molecular formula is C16H14ClN3O.